The SMILES string of the molecule is COc1cc2c(C)c(C#N)cnc2cc1OCCCN1CCOCC1. The summed E-state index contributed by atoms with van der Waals surface area (Å²) in [6, 6.07) is 5.95. The van der Waals surface area contributed by atoms with E-state index in [2.05, 4.69) is 16.0 Å². The number of morpholine rings is 1. The van der Waals surface area contributed by atoms with Gasteiger partial charge in [-0.1, -0.05) is 0 Å². The molecule has 6 nitrogen and oxygen atoms in total. The van der Waals surface area contributed by atoms with Crippen LogP contribution < -0.4 is 9.47 Å². The number of hydrogen-bond donors (Lipinski definition) is 0. The molecule has 0 N–H and O–H groups in total. The summed E-state index contributed by atoms with van der Waals surface area (Å²) in [6.45, 7) is 7.15. The summed E-state index contributed by atoms with van der Waals surface area (Å²) < 4.78 is 16.8. The monoisotopic (exact) mass is 341 g/mol. The summed E-state index contributed by atoms with van der Waals surface area (Å²) in [5.74, 6) is 1.35. The lowest BCUT2D eigenvalue weighted by Gasteiger charge is -2.26. The average molecular weight is 341 g/mol. The van der Waals surface area contributed by atoms with Crippen molar-refractivity contribution in [2.45, 2.75) is 13.3 Å². The first-order chi connectivity index (χ1) is 12.2. The summed E-state index contributed by atoms with van der Waals surface area (Å²) in [7, 11) is 1.62. The number of methoxy groups -OCH3 is 1. The molecule has 0 aliphatic carbocycles. The van der Waals surface area contributed by atoms with Gasteiger partial charge in [0, 0.05) is 37.3 Å². The standard InChI is InChI=1S/C19H23N3O3/c1-14-15(12-20)13-21-17-11-19(18(23-2)10-16(14)17)25-7-3-4-22-5-8-24-9-6-22/h10-11,13H,3-9H2,1-2H3. The zero-order chi connectivity index (χ0) is 17.6. The molecule has 2 heterocycles. The minimum Gasteiger partial charge on any atom is -0.493 e. The van der Waals surface area contributed by atoms with Crippen molar-refractivity contribution in [3.63, 3.8) is 0 Å². The maximum atomic E-state index is 9.15. The number of fused-ring (bicyclic) bond motifs is 1. The molecule has 1 aliphatic rings. The molecule has 2 aromatic rings. The predicted octanol–water partition coefficient (Wildman–Crippen LogP) is 2.52. The van der Waals surface area contributed by atoms with E-state index >= 15 is 0 Å². The molecule has 25 heavy (non-hydrogen) atoms. The van der Waals surface area contributed by atoms with Crippen LogP contribution in [0.4, 0.5) is 0 Å². The van der Waals surface area contributed by atoms with E-state index in [-0.39, 0.29) is 0 Å². The second kappa shape index (κ2) is 8.15. The van der Waals surface area contributed by atoms with Gasteiger partial charge in [-0.05, 0) is 25.0 Å². The Balaban J connectivity index is 1.69. The summed E-state index contributed by atoms with van der Waals surface area (Å²) >= 11 is 0. The van der Waals surface area contributed by atoms with Gasteiger partial charge < -0.3 is 14.2 Å². The Bertz CT molecular complexity index is 780. The third-order valence-electron chi connectivity index (χ3n) is 4.52. The van der Waals surface area contributed by atoms with E-state index in [1.165, 1.54) is 0 Å². The van der Waals surface area contributed by atoms with Gasteiger partial charge in [0.1, 0.15) is 6.07 Å². The highest BCUT2D eigenvalue weighted by Gasteiger charge is 2.13. The normalized spacial score (nSPS) is 15.1. The Kier molecular flexibility index (Phi) is 5.69. The number of aryl methyl sites for hydroxylation is 1. The van der Waals surface area contributed by atoms with Crippen LogP contribution in [0.25, 0.3) is 10.9 Å². The summed E-state index contributed by atoms with van der Waals surface area (Å²) in [6.07, 6.45) is 2.55. The molecular weight excluding hydrogens is 318 g/mol. The number of ether oxygens (including phenoxy) is 3. The van der Waals surface area contributed by atoms with Crippen molar-refractivity contribution in [1.29, 1.82) is 5.26 Å². The summed E-state index contributed by atoms with van der Waals surface area (Å²) in [4.78, 5) is 6.76. The van der Waals surface area contributed by atoms with E-state index in [0.29, 0.717) is 23.7 Å². The number of pyridine rings is 1. The molecule has 0 radical (unpaired) electrons. The molecule has 0 unspecified atom stereocenters. The molecule has 6 heteroatoms. The third-order valence-corrected chi connectivity index (χ3v) is 4.52. The number of nitriles is 1. The minimum absolute atomic E-state index is 0.578. The number of benzene rings is 1. The molecule has 1 aromatic carbocycles. The number of aromatic nitrogens is 1. The molecule has 0 bridgehead atoms. The smallest absolute Gasteiger partial charge is 0.163 e. The fourth-order valence-electron chi connectivity index (χ4n) is 3.01. The second-order valence-corrected chi connectivity index (χ2v) is 6.08. The van der Waals surface area contributed by atoms with E-state index in [0.717, 1.165) is 55.7 Å². The maximum absolute atomic E-state index is 9.15. The highest BCUT2D eigenvalue weighted by Crippen LogP contribution is 2.33. The van der Waals surface area contributed by atoms with Crippen LogP contribution in [0.2, 0.25) is 0 Å². The highest BCUT2D eigenvalue weighted by molar-refractivity contribution is 5.87. The van der Waals surface area contributed by atoms with Gasteiger partial charge in [0.25, 0.3) is 0 Å². The van der Waals surface area contributed by atoms with E-state index in [1.807, 2.05) is 19.1 Å². The molecular formula is C19H23N3O3. The van der Waals surface area contributed by atoms with Crippen LogP contribution in [-0.4, -0.2) is 56.4 Å². The van der Waals surface area contributed by atoms with Crippen LogP contribution in [0.3, 0.4) is 0 Å². The lowest BCUT2D eigenvalue weighted by atomic mass is 10.1. The number of rotatable bonds is 6. The predicted molar refractivity (Wildman–Crippen MR) is 95.1 cm³/mol. The zero-order valence-electron chi connectivity index (χ0n) is 14.7. The Morgan fingerprint density at radius 3 is 2.80 bits per heavy atom. The van der Waals surface area contributed by atoms with Gasteiger partial charge in [0.05, 0.1) is 38.0 Å². The van der Waals surface area contributed by atoms with Gasteiger partial charge in [0.2, 0.25) is 0 Å². The van der Waals surface area contributed by atoms with Crippen molar-refractivity contribution in [2.75, 3.05) is 46.6 Å². The van der Waals surface area contributed by atoms with E-state index in [1.54, 1.807) is 13.3 Å². The topological polar surface area (TPSA) is 67.6 Å². The zero-order valence-corrected chi connectivity index (χ0v) is 14.7. The van der Waals surface area contributed by atoms with E-state index < -0.39 is 0 Å². The average Bonchev–Trinajstić information content (AvgIpc) is 2.66. The Hall–Kier alpha value is -2.36. The number of nitrogens with zero attached hydrogens (tertiary/aromatic N) is 3. The maximum Gasteiger partial charge on any atom is 0.163 e. The van der Waals surface area contributed by atoms with Gasteiger partial charge in [-0.25, -0.2) is 0 Å². The van der Waals surface area contributed by atoms with Crippen molar-refractivity contribution in [2.24, 2.45) is 0 Å². The Morgan fingerprint density at radius 2 is 2.08 bits per heavy atom. The van der Waals surface area contributed by atoms with Crippen molar-refractivity contribution in [1.82, 2.24) is 9.88 Å². The van der Waals surface area contributed by atoms with Gasteiger partial charge in [-0.2, -0.15) is 5.26 Å². The minimum atomic E-state index is 0.578. The van der Waals surface area contributed by atoms with E-state index in [4.69, 9.17) is 19.5 Å². The first kappa shape index (κ1) is 17.5. The fraction of sp³-hybridized carbons (Fsp3) is 0.474. The van der Waals surface area contributed by atoms with Crippen LogP contribution in [0.5, 0.6) is 11.5 Å². The number of hydrogen-bond acceptors (Lipinski definition) is 6. The van der Waals surface area contributed by atoms with Crippen LogP contribution in [0, 0.1) is 18.3 Å². The molecule has 3 rings (SSSR count). The fourth-order valence-corrected chi connectivity index (χ4v) is 3.01. The molecule has 1 saturated heterocycles. The van der Waals surface area contributed by atoms with Gasteiger partial charge in [0.15, 0.2) is 11.5 Å². The van der Waals surface area contributed by atoms with Gasteiger partial charge in [-0.15, -0.1) is 0 Å². The van der Waals surface area contributed by atoms with Crippen LogP contribution >= 0.6 is 0 Å². The molecule has 0 saturated carbocycles. The van der Waals surface area contributed by atoms with Gasteiger partial charge in [-0.3, -0.25) is 9.88 Å². The quantitative estimate of drug-likeness (QED) is 0.752. The molecule has 0 amide bonds. The first-order valence-corrected chi connectivity index (χ1v) is 8.53. The Labute approximate surface area is 147 Å². The van der Waals surface area contributed by atoms with Crippen molar-refractivity contribution < 1.29 is 14.2 Å². The van der Waals surface area contributed by atoms with Crippen LogP contribution in [0.1, 0.15) is 17.5 Å². The molecule has 0 spiro atoms. The summed E-state index contributed by atoms with van der Waals surface area (Å²) in [5, 5.41) is 10.1. The van der Waals surface area contributed by atoms with E-state index in [9.17, 15) is 0 Å². The third kappa shape index (κ3) is 4.01. The molecule has 1 fully saturated rings. The molecule has 132 valence electrons. The largest absolute Gasteiger partial charge is 0.493 e. The van der Waals surface area contributed by atoms with Crippen molar-refractivity contribution >= 4 is 10.9 Å². The molecule has 1 aromatic heterocycles. The van der Waals surface area contributed by atoms with Crippen LogP contribution in [-0.2, 0) is 4.74 Å². The Morgan fingerprint density at radius 1 is 1.28 bits per heavy atom. The lowest BCUT2D eigenvalue weighted by Crippen LogP contribution is -2.37. The summed E-state index contributed by atoms with van der Waals surface area (Å²) in [5.41, 5.74) is 2.29. The lowest BCUT2D eigenvalue weighted by molar-refractivity contribution is 0.0357. The van der Waals surface area contributed by atoms with Crippen molar-refractivity contribution in [3.05, 3.63) is 29.5 Å². The highest BCUT2D eigenvalue weighted by atomic mass is 16.5. The molecule has 0 atom stereocenters. The first-order valence-electron chi connectivity index (χ1n) is 8.53. The van der Waals surface area contributed by atoms with Crippen molar-refractivity contribution in [3.8, 4) is 17.6 Å². The van der Waals surface area contributed by atoms with Gasteiger partial charge >= 0.3 is 0 Å². The second-order valence-electron chi connectivity index (χ2n) is 6.08. The van der Waals surface area contributed by atoms with Crippen LogP contribution in [0.15, 0.2) is 18.3 Å². The molecule has 1 aliphatic heterocycles.